The molecule has 0 saturated heterocycles. The van der Waals surface area contributed by atoms with Gasteiger partial charge in [0.15, 0.2) is 11.6 Å². The highest BCUT2D eigenvalue weighted by atomic mass is 32.2. The number of aliphatic hydroxyl groups is 1. The molecule has 0 amide bonds. The predicted molar refractivity (Wildman–Crippen MR) is 102 cm³/mol. The summed E-state index contributed by atoms with van der Waals surface area (Å²) in [6.45, 7) is 0.0167. The van der Waals surface area contributed by atoms with Gasteiger partial charge in [0.2, 0.25) is 5.16 Å². The van der Waals surface area contributed by atoms with E-state index in [9.17, 15) is 9.50 Å². The summed E-state index contributed by atoms with van der Waals surface area (Å²) in [6, 6.07) is 16.1. The summed E-state index contributed by atoms with van der Waals surface area (Å²) < 4.78 is 20.8. The standard InChI is InChI=1S/C20H20FN3O2S/c21-17-8-4-5-9-18(17)26-12-16(25)13-27-20-22-19(14-10-11-14)24(23-20)15-6-2-1-3-7-15/h1-9,14,16,25H,10-13H2/t16-/m0/s1. The molecule has 5 nitrogen and oxygen atoms in total. The predicted octanol–water partition coefficient (Wildman–Crippen LogP) is 3.82. The van der Waals surface area contributed by atoms with Gasteiger partial charge in [0.25, 0.3) is 0 Å². The molecule has 1 aliphatic carbocycles. The van der Waals surface area contributed by atoms with Crippen LogP contribution in [0.3, 0.4) is 0 Å². The maximum absolute atomic E-state index is 13.5. The quantitative estimate of drug-likeness (QED) is 0.598. The lowest BCUT2D eigenvalue weighted by Crippen LogP contribution is -2.20. The van der Waals surface area contributed by atoms with Crippen LogP contribution in [-0.4, -0.2) is 38.3 Å². The van der Waals surface area contributed by atoms with Crippen molar-refractivity contribution in [2.45, 2.75) is 30.0 Å². The van der Waals surface area contributed by atoms with E-state index in [1.807, 2.05) is 35.0 Å². The zero-order chi connectivity index (χ0) is 18.6. The Balaban J connectivity index is 1.37. The minimum Gasteiger partial charge on any atom is -0.488 e. The van der Waals surface area contributed by atoms with Gasteiger partial charge in [-0.05, 0) is 37.1 Å². The molecule has 1 N–H and O–H groups in total. The van der Waals surface area contributed by atoms with Crippen LogP contribution in [0.4, 0.5) is 4.39 Å². The second-order valence-electron chi connectivity index (χ2n) is 6.48. The number of rotatable bonds is 8. The smallest absolute Gasteiger partial charge is 0.209 e. The number of para-hydroxylation sites is 2. The molecule has 140 valence electrons. The minimum absolute atomic E-state index is 0.0167. The van der Waals surface area contributed by atoms with E-state index in [1.54, 1.807) is 18.2 Å². The van der Waals surface area contributed by atoms with Crippen molar-refractivity contribution in [3.63, 3.8) is 0 Å². The van der Waals surface area contributed by atoms with E-state index in [0.29, 0.717) is 16.8 Å². The fourth-order valence-corrected chi connectivity index (χ4v) is 3.43. The maximum Gasteiger partial charge on any atom is 0.209 e. The van der Waals surface area contributed by atoms with Gasteiger partial charge in [-0.2, -0.15) is 0 Å². The second-order valence-corrected chi connectivity index (χ2v) is 7.47. The highest BCUT2D eigenvalue weighted by Gasteiger charge is 2.30. The fourth-order valence-electron chi connectivity index (χ4n) is 2.70. The lowest BCUT2D eigenvalue weighted by Gasteiger charge is -2.11. The van der Waals surface area contributed by atoms with E-state index < -0.39 is 11.9 Å². The van der Waals surface area contributed by atoms with Crippen LogP contribution in [0.25, 0.3) is 5.69 Å². The summed E-state index contributed by atoms with van der Waals surface area (Å²) in [7, 11) is 0. The first-order valence-electron chi connectivity index (χ1n) is 8.91. The Labute approximate surface area is 161 Å². The summed E-state index contributed by atoms with van der Waals surface area (Å²) >= 11 is 1.38. The minimum atomic E-state index is -0.748. The highest BCUT2D eigenvalue weighted by molar-refractivity contribution is 7.99. The molecule has 1 aliphatic rings. The van der Waals surface area contributed by atoms with E-state index in [1.165, 1.54) is 17.8 Å². The number of halogens is 1. The van der Waals surface area contributed by atoms with Crippen LogP contribution in [0.2, 0.25) is 0 Å². The van der Waals surface area contributed by atoms with Crippen LogP contribution in [0.15, 0.2) is 59.8 Å². The van der Waals surface area contributed by atoms with Crippen LogP contribution >= 0.6 is 11.8 Å². The van der Waals surface area contributed by atoms with Crippen molar-refractivity contribution in [3.05, 3.63) is 66.2 Å². The Morgan fingerprint density at radius 3 is 2.63 bits per heavy atom. The molecule has 0 radical (unpaired) electrons. The van der Waals surface area contributed by atoms with Crippen LogP contribution in [0.5, 0.6) is 5.75 Å². The number of benzene rings is 2. The number of hydrogen-bond acceptors (Lipinski definition) is 5. The van der Waals surface area contributed by atoms with Crippen LogP contribution < -0.4 is 4.74 Å². The van der Waals surface area contributed by atoms with Crippen molar-refractivity contribution >= 4 is 11.8 Å². The van der Waals surface area contributed by atoms with Gasteiger partial charge in [0.1, 0.15) is 12.4 Å². The van der Waals surface area contributed by atoms with Crippen molar-refractivity contribution in [3.8, 4) is 11.4 Å². The number of aromatic nitrogens is 3. The first-order chi connectivity index (χ1) is 13.2. The third-order valence-corrected chi connectivity index (χ3v) is 5.21. The summed E-state index contributed by atoms with van der Waals surface area (Å²) in [4.78, 5) is 4.66. The van der Waals surface area contributed by atoms with Crippen molar-refractivity contribution < 1.29 is 14.2 Å². The summed E-state index contributed by atoms with van der Waals surface area (Å²) in [5.74, 6) is 1.51. The van der Waals surface area contributed by atoms with Crippen molar-refractivity contribution in [1.29, 1.82) is 0 Å². The topological polar surface area (TPSA) is 60.2 Å². The van der Waals surface area contributed by atoms with Gasteiger partial charge >= 0.3 is 0 Å². The van der Waals surface area contributed by atoms with Gasteiger partial charge < -0.3 is 9.84 Å². The van der Waals surface area contributed by atoms with Crippen molar-refractivity contribution in [2.24, 2.45) is 0 Å². The first kappa shape index (κ1) is 18.0. The molecule has 1 saturated carbocycles. The summed E-state index contributed by atoms with van der Waals surface area (Å²) in [5, 5.41) is 15.4. The molecule has 0 bridgehead atoms. The van der Waals surface area contributed by atoms with E-state index in [4.69, 9.17) is 4.74 Å². The van der Waals surface area contributed by atoms with E-state index in [-0.39, 0.29) is 12.4 Å². The van der Waals surface area contributed by atoms with Crippen molar-refractivity contribution in [1.82, 2.24) is 14.8 Å². The number of ether oxygens (including phenoxy) is 1. The number of thioether (sulfide) groups is 1. The van der Waals surface area contributed by atoms with Crippen LogP contribution in [0.1, 0.15) is 24.6 Å². The molecule has 27 heavy (non-hydrogen) atoms. The lowest BCUT2D eigenvalue weighted by molar-refractivity contribution is 0.123. The maximum atomic E-state index is 13.5. The molecule has 1 aromatic heterocycles. The largest absolute Gasteiger partial charge is 0.488 e. The zero-order valence-electron chi connectivity index (χ0n) is 14.7. The Morgan fingerprint density at radius 2 is 1.89 bits per heavy atom. The average molecular weight is 385 g/mol. The average Bonchev–Trinajstić information content (AvgIpc) is 3.46. The Kier molecular flexibility index (Phi) is 5.40. The Morgan fingerprint density at radius 1 is 1.15 bits per heavy atom. The van der Waals surface area contributed by atoms with Crippen molar-refractivity contribution in [2.75, 3.05) is 12.4 Å². The highest BCUT2D eigenvalue weighted by Crippen LogP contribution is 2.40. The van der Waals surface area contributed by atoms with Crippen LogP contribution in [0, 0.1) is 5.82 Å². The van der Waals surface area contributed by atoms with Gasteiger partial charge in [-0.25, -0.2) is 14.1 Å². The Hall–Kier alpha value is -2.38. The van der Waals surface area contributed by atoms with Crippen LogP contribution in [-0.2, 0) is 0 Å². The van der Waals surface area contributed by atoms with E-state index in [0.717, 1.165) is 24.4 Å². The molecule has 0 unspecified atom stereocenters. The molecule has 1 atom stereocenters. The SMILES string of the molecule is O[C@@H](COc1ccccc1F)CSc1nc(C2CC2)n(-c2ccccc2)n1. The summed E-state index contributed by atoms with van der Waals surface area (Å²) in [5.41, 5.74) is 0.988. The van der Waals surface area contributed by atoms with Gasteiger partial charge in [-0.15, -0.1) is 5.10 Å². The van der Waals surface area contributed by atoms with Gasteiger partial charge in [-0.3, -0.25) is 0 Å². The molecule has 0 aliphatic heterocycles. The summed E-state index contributed by atoms with van der Waals surface area (Å²) in [6.07, 6.45) is 1.52. The normalized spacial score (nSPS) is 14.9. The fraction of sp³-hybridized carbons (Fsp3) is 0.300. The first-order valence-corrected chi connectivity index (χ1v) is 9.90. The molecule has 2 aromatic carbocycles. The third kappa shape index (κ3) is 4.48. The van der Waals surface area contributed by atoms with Gasteiger partial charge in [0.05, 0.1) is 11.8 Å². The molecule has 0 spiro atoms. The van der Waals surface area contributed by atoms with Gasteiger partial charge in [0, 0.05) is 11.7 Å². The van der Waals surface area contributed by atoms with E-state index in [2.05, 4.69) is 10.1 Å². The second kappa shape index (κ2) is 8.10. The molecular weight excluding hydrogens is 365 g/mol. The Bertz CT molecular complexity index is 899. The number of nitrogens with zero attached hydrogens (tertiary/aromatic N) is 3. The lowest BCUT2D eigenvalue weighted by atomic mass is 10.3. The third-order valence-electron chi connectivity index (χ3n) is 4.23. The molecule has 4 rings (SSSR count). The molecule has 1 fully saturated rings. The molecular formula is C20H20FN3O2S. The zero-order valence-corrected chi connectivity index (χ0v) is 15.5. The molecule has 3 aromatic rings. The van der Waals surface area contributed by atoms with Gasteiger partial charge in [-0.1, -0.05) is 42.1 Å². The molecule has 7 heteroatoms. The number of aliphatic hydroxyl groups excluding tert-OH is 1. The molecule has 1 heterocycles. The number of hydrogen-bond donors (Lipinski definition) is 1. The van der Waals surface area contributed by atoms with E-state index >= 15 is 0 Å². The monoisotopic (exact) mass is 385 g/mol.